The van der Waals surface area contributed by atoms with Gasteiger partial charge in [-0.25, -0.2) is 0 Å². The minimum absolute atomic E-state index is 1.11. The predicted molar refractivity (Wildman–Crippen MR) is 77.0 cm³/mol. The van der Waals surface area contributed by atoms with Gasteiger partial charge in [-0.2, -0.15) is 0 Å². The van der Waals surface area contributed by atoms with E-state index in [-0.39, 0.29) is 0 Å². The van der Waals surface area contributed by atoms with Crippen molar-refractivity contribution >= 4 is 36.4 Å². The van der Waals surface area contributed by atoms with E-state index in [2.05, 4.69) is 64.8 Å². The first-order valence-corrected chi connectivity index (χ1v) is 6.20. The average Bonchev–Trinajstić information content (AvgIpc) is 2.35. The summed E-state index contributed by atoms with van der Waals surface area (Å²) >= 11 is 0. The van der Waals surface area contributed by atoms with E-state index in [0.717, 1.165) is 6.42 Å². The Hall–Kier alpha value is -1.43. The molecule has 0 atom stereocenters. The lowest BCUT2D eigenvalue weighted by Gasteiger charge is -2.20. The third-order valence-corrected chi connectivity index (χ3v) is 3.54. The largest absolute Gasteiger partial charge is 0.189 e. The molecule has 0 fully saturated rings. The Morgan fingerprint density at radius 3 is 2.06 bits per heavy atom. The molecule has 0 aliphatic carbocycles. The van der Waals surface area contributed by atoms with Crippen molar-refractivity contribution in [2.75, 3.05) is 0 Å². The van der Waals surface area contributed by atoms with Gasteiger partial charge in [-0.15, -0.1) is 0 Å². The molecule has 2 heteroatoms. The molecule has 3 rings (SSSR count). The minimum atomic E-state index is 1.11. The summed E-state index contributed by atoms with van der Waals surface area (Å²) in [6, 6.07) is 13.2. The maximum atomic E-state index is 2.33. The fourth-order valence-electron chi connectivity index (χ4n) is 2.53. The summed E-state index contributed by atoms with van der Waals surface area (Å²) < 4.78 is 0. The quantitative estimate of drug-likeness (QED) is 0.509. The van der Waals surface area contributed by atoms with E-state index < -0.39 is 0 Å². The van der Waals surface area contributed by atoms with Crippen LogP contribution in [0.4, 0.5) is 0 Å². The predicted octanol–water partition coefficient (Wildman–Crippen LogP) is 0.181. The smallest absolute Gasteiger partial charge is 0.0871 e. The number of hydrogen-bond donors (Lipinski definition) is 0. The zero-order valence-electron chi connectivity index (χ0n) is 10.3. The van der Waals surface area contributed by atoms with Crippen LogP contribution in [0, 0.1) is 6.92 Å². The summed E-state index contributed by atoms with van der Waals surface area (Å²) in [6.07, 6.45) is 1.11. The lowest BCUT2D eigenvalue weighted by atomic mass is 9.43. The van der Waals surface area contributed by atoms with E-state index in [0.29, 0.717) is 0 Å². The Morgan fingerprint density at radius 1 is 0.882 bits per heavy atom. The van der Waals surface area contributed by atoms with Gasteiger partial charge in [-0.05, 0) is 24.5 Å². The fraction of sp³-hybridized carbons (Fsp3) is 0.200. The van der Waals surface area contributed by atoms with Crippen LogP contribution in [0.3, 0.4) is 0 Å². The summed E-state index contributed by atoms with van der Waals surface area (Å²) in [7, 11) is 4.58. The molecule has 0 bridgehead atoms. The highest BCUT2D eigenvalue weighted by atomic mass is 14.0. The highest BCUT2D eigenvalue weighted by Gasteiger charge is 2.17. The molecule has 1 aliphatic heterocycles. The maximum Gasteiger partial charge on any atom is 0.189 e. The van der Waals surface area contributed by atoms with Crippen LogP contribution < -0.4 is 21.9 Å². The van der Waals surface area contributed by atoms with Gasteiger partial charge in [0, 0.05) is 0 Å². The second kappa shape index (κ2) is 4.10. The summed E-state index contributed by atoms with van der Waals surface area (Å²) in [4.78, 5) is 0. The number of fused-ring (bicyclic) bond motifs is 2. The maximum absolute atomic E-state index is 2.33. The van der Waals surface area contributed by atoms with E-state index in [1.807, 2.05) is 0 Å². The third-order valence-electron chi connectivity index (χ3n) is 3.54. The van der Waals surface area contributed by atoms with Gasteiger partial charge in [0.05, 0.1) is 0 Å². The van der Waals surface area contributed by atoms with Gasteiger partial charge in [-0.3, -0.25) is 0 Å². The molecule has 0 aromatic heterocycles. The van der Waals surface area contributed by atoms with Gasteiger partial charge in [0.15, 0.2) is 14.6 Å². The van der Waals surface area contributed by atoms with Gasteiger partial charge >= 0.3 is 0 Å². The van der Waals surface area contributed by atoms with E-state index in [1.165, 1.54) is 33.0 Å². The standard InChI is InChI=1S/C15H14B2/c1-3-11-9-15-14(8-10(11)2)16-12-6-4-5-7-13(12)17-15/h4-9H,3H2,1-2H3. The molecular weight excluding hydrogens is 202 g/mol. The molecule has 0 saturated heterocycles. The van der Waals surface area contributed by atoms with Crippen LogP contribution in [-0.4, -0.2) is 14.6 Å². The van der Waals surface area contributed by atoms with Crippen LogP contribution in [0.2, 0.25) is 0 Å². The van der Waals surface area contributed by atoms with E-state index >= 15 is 0 Å². The zero-order chi connectivity index (χ0) is 11.8. The molecule has 0 saturated carbocycles. The number of aryl methyl sites for hydroxylation is 2. The molecule has 2 aromatic carbocycles. The molecule has 0 nitrogen and oxygen atoms in total. The summed E-state index contributed by atoms with van der Waals surface area (Å²) in [6.45, 7) is 4.42. The van der Waals surface area contributed by atoms with Gasteiger partial charge in [0.25, 0.3) is 0 Å². The third kappa shape index (κ3) is 1.82. The monoisotopic (exact) mass is 216 g/mol. The van der Waals surface area contributed by atoms with Crippen LogP contribution >= 0.6 is 0 Å². The van der Waals surface area contributed by atoms with Crippen molar-refractivity contribution in [3.63, 3.8) is 0 Å². The summed E-state index contributed by atoms with van der Waals surface area (Å²) in [5.41, 5.74) is 8.20. The van der Waals surface area contributed by atoms with E-state index in [9.17, 15) is 0 Å². The van der Waals surface area contributed by atoms with E-state index in [4.69, 9.17) is 0 Å². The molecule has 80 valence electrons. The van der Waals surface area contributed by atoms with Crippen molar-refractivity contribution in [3.05, 3.63) is 47.5 Å². The second-order valence-electron chi connectivity index (χ2n) is 4.68. The molecule has 1 heterocycles. The molecule has 2 radical (unpaired) electrons. The van der Waals surface area contributed by atoms with Gasteiger partial charge < -0.3 is 0 Å². The van der Waals surface area contributed by atoms with Gasteiger partial charge in [0.1, 0.15) is 0 Å². The first-order chi connectivity index (χ1) is 8.28. The van der Waals surface area contributed by atoms with Crippen LogP contribution in [0.25, 0.3) is 0 Å². The van der Waals surface area contributed by atoms with Crippen LogP contribution in [0.5, 0.6) is 0 Å². The van der Waals surface area contributed by atoms with Crippen LogP contribution in [0.15, 0.2) is 36.4 Å². The SMILES string of the molecule is CCc1cc2c(cc1C)[B]c1ccccc1[B]2. The number of benzene rings is 2. The average molecular weight is 216 g/mol. The minimum Gasteiger partial charge on any atom is -0.0871 e. The van der Waals surface area contributed by atoms with Crippen molar-refractivity contribution in [1.82, 2.24) is 0 Å². The Bertz CT molecular complexity index is 573. The fourth-order valence-corrected chi connectivity index (χ4v) is 2.53. The van der Waals surface area contributed by atoms with E-state index in [1.54, 1.807) is 0 Å². The highest BCUT2D eigenvalue weighted by Crippen LogP contribution is 2.05. The molecule has 0 unspecified atom stereocenters. The topological polar surface area (TPSA) is 0 Å². The van der Waals surface area contributed by atoms with Crippen LogP contribution in [-0.2, 0) is 6.42 Å². The Labute approximate surface area is 105 Å². The first-order valence-electron chi connectivity index (χ1n) is 6.20. The Kier molecular flexibility index (Phi) is 2.58. The Morgan fingerprint density at radius 2 is 1.47 bits per heavy atom. The highest BCUT2D eigenvalue weighted by molar-refractivity contribution is 6.87. The van der Waals surface area contributed by atoms with Crippen molar-refractivity contribution in [1.29, 1.82) is 0 Å². The molecule has 0 amide bonds. The molecule has 17 heavy (non-hydrogen) atoms. The molecule has 0 spiro atoms. The van der Waals surface area contributed by atoms with Gasteiger partial charge in [0.2, 0.25) is 0 Å². The second-order valence-corrected chi connectivity index (χ2v) is 4.68. The van der Waals surface area contributed by atoms with Crippen LogP contribution in [0.1, 0.15) is 18.1 Å². The van der Waals surface area contributed by atoms with Crippen molar-refractivity contribution < 1.29 is 0 Å². The van der Waals surface area contributed by atoms with Crippen molar-refractivity contribution in [2.45, 2.75) is 20.3 Å². The Balaban J connectivity index is 2.09. The normalized spacial score (nSPS) is 12.1. The van der Waals surface area contributed by atoms with Crippen molar-refractivity contribution in [2.24, 2.45) is 0 Å². The lowest BCUT2D eigenvalue weighted by molar-refractivity contribution is 1.11. The molecule has 1 aliphatic rings. The molecule has 0 N–H and O–H groups in total. The van der Waals surface area contributed by atoms with Crippen molar-refractivity contribution in [3.8, 4) is 0 Å². The first kappa shape index (κ1) is 10.7. The lowest BCUT2D eigenvalue weighted by Crippen LogP contribution is -2.56. The number of rotatable bonds is 1. The summed E-state index contributed by atoms with van der Waals surface area (Å²) in [5.74, 6) is 0. The summed E-state index contributed by atoms with van der Waals surface area (Å²) in [5, 5.41) is 0. The number of hydrogen-bond acceptors (Lipinski definition) is 0. The molecular formula is C15H14B2. The zero-order valence-corrected chi connectivity index (χ0v) is 10.3. The van der Waals surface area contributed by atoms with Gasteiger partial charge in [-0.1, -0.05) is 65.2 Å². The molecule has 2 aromatic rings.